The van der Waals surface area contributed by atoms with Crippen LogP contribution in [-0.2, 0) is 5.54 Å². The molecule has 1 aliphatic rings. The number of nitrogens with two attached hydrogens (primary N) is 1. The lowest BCUT2D eigenvalue weighted by atomic mass is 9.95. The van der Waals surface area contributed by atoms with E-state index in [4.69, 9.17) is 5.73 Å². The average Bonchev–Trinajstić information content (AvgIpc) is 2.66. The minimum atomic E-state index is -0.305. The topological polar surface area (TPSA) is 29.3 Å². The van der Waals surface area contributed by atoms with Gasteiger partial charge in [-0.3, -0.25) is 0 Å². The monoisotopic (exact) mass is 222 g/mol. The molecule has 1 atom stereocenters. The Hall–Kier alpha value is -1.09. The van der Waals surface area contributed by atoms with Crippen LogP contribution in [0.3, 0.4) is 0 Å². The van der Waals surface area contributed by atoms with E-state index in [-0.39, 0.29) is 16.8 Å². The summed E-state index contributed by atoms with van der Waals surface area (Å²) in [4.78, 5) is 1.92. The van der Waals surface area contributed by atoms with E-state index < -0.39 is 0 Å². The second-order valence-corrected chi connectivity index (χ2v) is 5.59. The van der Waals surface area contributed by atoms with Crippen LogP contribution in [-0.4, -0.2) is 14.1 Å². The highest BCUT2D eigenvalue weighted by Crippen LogP contribution is 2.61. The van der Waals surface area contributed by atoms with Crippen molar-refractivity contribution < 1.29 is 4.39 Å². The first-order valence-corrected chi connectivity index (χ1v) is 5.54. The molecule has 2 N–H and O–H groups in total. The molecule has 0 aromatic heterocycles. The lowest BCUT2D eigenvalue weighted by Gasteiger charge is -2.24. The Balaban J connectivity index is 2.50. The van der Waals surface area contributed by atoms with E-state index in [1.54, 1.807) is 6.07 Å². The fourth-order valence-corrected chi connectivity index (χ4v) is 2.36. The van der Waals surface area contributed by atoms with Crippen LogP contribution in [0.1, 0.15) is 25.8 Å². The summed E-state index contributed by atoms with van der Waals surface area (Å²) < 4.78 is 13.2. The largest absolute Gasteiger partial charge is 0.377 e. The summed E-state index contributed by atoms with van der Waals surface area (Å²) in [5, 5.41) is 0. The van der Waals surface area contributed by atoms with E-state index in [9.17, 15) is 4.39 Å². The van der Waals surface area contributed by atoms with Gasteiger partial charge in [0.2, 0.25) is 0 Å². The van der Waals surface area contributed by atoms with Crippen molar-refractivity contribution in [3.8, 4) is 0 Å². The molecule has 1 aromatic rings. The van der Waals surface area contributed by atoms with Crippen LogP contribution in [0.5, 0.6) is 0 Å². The highest BCUT2D eigenvalue weighted by atomic mass is 19.1. The zero-order valence-electron chi connectivity index (χ0n) is 10.3. The van der Waals surface area contributed by atoms with Crippen molar-refractivity contribution in [2.24, 2.45) is 11.1 Å². The summed E-state index contributed by atoms with van der Waals surface area (Å²) in [6, 6.07) is 4.86. The molecule has 16 heavy (non-hydrogen) atoms. The molecule has 3 heteroatoms. The smallest absolute Gasteiger partial charge is 0.125 e. The molecule has 1 saturated carbocycles. The molecule has 2 rings (SSSR count). The van der Waals surface area contributed by atoms with Crippen LogP contribution in [0.15, 0.2) is 18.2 Å². The highest BCUT2D eigenvalue weighted by molar-refractivity contribution is 5.58. The molecule has 1 aromatic carbocycles. The van der Waals surface area contributed by atoms with Crippen molar-refractivity contribution in [2.45, 2.75) is 25.8 Å². The first-order valence-electron chi connectivity index (χ1n) is 5.54. The zero-order chi connectivity index (χ0) is 12.1. The number of benzene rings is 1. The van der Waals surface area contributed by atoms with E-state index in [1.165, 1.54) is 6.07 Å². The molecular formula is C13H19FN2. The van der Waals surface area contributed by atoms with Crippen LogP contribution in [0.4, 0.5) is 10.1 Å². The molecule has 0 heterocycles. The molecule has 0 amide bonds. The molecule has 2 nitrogen and oxygen atoms in total. The van der Waals surface area contributed by atoms with Crippen LogP contribution >= 0.6 is 0 Å². The Morgan fingerprint density at radius 1 is 1.31 bits per heavy atom. The number of rotatable bonds is 2. The van der Waals surface area contributed by atoms with Gasteiger partial charge in [0, 0.05) is 25.3 Å². The molecule has 88 valence electrons. The Morgan fingerprint density at radius 3 is 2.31 bits per heavy atom. The Bertz CT molecular complexity index is 426. The van der Waals surface area contributed by atoms with Gasteiger partial charge in [-0.05, 0) is 29.5 Å². The maximum Gasteiger partial charge on any atom is 0.125 e. The van der Waals surface area contributed by atoms with Crippen LogP contribution in [0, 0.1) is 11.2 Å². The Morgan fingerprint density at radius 2 is 1.88 bits per heavy atom. The maximum atomic E-state index is 13.2. The number of nitrogens with zero attached hydrogens (tertiary/aromatic N) is 1. The van der Waals surface area contributed by atoms with Gasteiger partial charge in [0.25, 0.3) is 0 Å². The van der Waals surface area contributed by atoms with Gasteiger partial charge in [-0.1, -0.05) is 19.9 Å². The number of hydrogen-bond donors (Lipinski definition) is 1. The van der Waals surface area contributed by atoms with Gasteiger partial charge in [-0.25, -0.2) is 4.39 Å². The average molecular weight is 222 g/mol. The quantitative estimate of drug-likeness (QED) is 0.833. The predicted octanol–water partition coefficient (Wildman–Crippen LogP) is 2.48. The highest BCUT2D eigenvalue weighted by Gasteiger charge is 2.60. The third kappa shape index (κ3) is 1.50. The summed E-state index contributed by atoms with van der Waals surface area (Å²) in [6.07, 6.45) is 0.951. The standard InChI is InChI=1S/C13H19FN2/c1-12(2)8-13(12,15)10-6-5-9(14)7-11(10)16(3)4/h5-7H,8,15H2,1-4H3. The van der Waals surface area contributed by atoms with E-state index in [0.717, 1.165) is 17.7 Å². The fraction of sp³-hybridized carbons (Fsp3) is 0.538. The van der Waals surface area contributed by atoms with Gasteiger partial charge < -0.3 is 10.6 Å². The van der Waals surface area contributed by atoms with E-state index >= 15 is 0 Å². The molecule has 0 bridgehead atoms. The third-order valence-electron chi connectivity index (χ3n) is 3.73. The summed E-state index contributed by atoms with van der Waals surface area (Å²) in [7, 11) is 3.83. The first-order chi connectivity index (χ1) is 7.28. The molecule has 1 unspecified atom stereocenters. The van der Waals surface area contributed by atoms with Gasteiger partial charge in [-0.2, -0.15) is 0 Å². The summed E-state index contributed by atoms with van der Waals surface area (Å²) in [6.45, 7) is 4.30. The molecule has 1 aliphatic carbocycles. The lowest BCUT2D eigenvalue weighted by Crippen LogP contribution is -2.28. The van der Waals surface area contributed by atoms with Crippen molar-refractivity contribution in [2.75, 3.05) is 19.0 Å². The SMILES string of the molecule is CN(C)c1cc(F)ccc1C1(N)CC1(C)C. The van der Waals surface area contributed by atoms with Crippen molar-refractivity contribution in [3.05, 3.63) is 29.6 Å². The van der Waals surface area contributed by atoms with Gasteiger partial charge in [0.15, 0.2) is 0 Å². The molecule has 0 saturated heterocycles. The van der Waals surface area contributed by atoms with Crippen molar-refractivity contribution >= 4 is 5.69 Å². The number of halogens is 1. The third-order valence-corrected chi connectivity index (χ3v) is 3.73. The van der Waals surface area contributed by atoms with Crippen molar-refractivity contribution in [3.63, 3.8) is 0 Å². The number of anilines is 1. The molecule has 0 radical (unpaired) electrons. The molecular weight excluding hydrogens is 203 g/mol. The normalized spacial score (nSPS) is 26.6. The van der Waals surface area contributed by atoms with Crippen LogP contribution in [0.2, 0.25) is 0 Å². The lowest BCUT2D eigenvalue weighted by molar-refractivity contribution is 0.509. The van der Waals surface area contributed by atoms with Crippen molar-refractivity contribution in [1.29, 1.82) is 0 Å². The molecule has 0 spiro atoms. The van der Waals surface area contributed by atoms with Crippen LogP contribution in [0.25, 0.3) is 0 Å². The van der Waals surface area contributed by atoms with E-state index in [2.05, 4.69) is 13.8 Å². The molecule has 0 aliphatic heterocycles. The second-order valence-electron chi connectivity index (χ2n) is 5.59. The van der Waals surface area contributed by atoms with Gasteiger partial charge in [-0.15, -0.1) is 0 Å². The second kappa shape index (κ2) is 3.20. The molecule has 1 fully saturated rings. The predicted molar refractivity (Wildman–Crippen MR) is 65.0 cm³/mol. The summed E-state index contributed by atoms with van der Waals surface area (Å²) in [5.74, 6) is -0.213. The summed E-state index contributed by atoms with van der Waals surface area (Å²) >= 11 is 0. The summed E-state index contributed by atoms with van der Waals surface area (Å²) in [5.41, 5.74) is 8.11. The van der Waals surface area contributed by atoms with Gasteiger partial charge >= 0.3 is 0 Å². The minimum Gasteiger partial charge on any atom is -0.377 e. The fourth-order valence-electron chi connectivity index (χ4n) is 2.36. The first kappa shape index (κ1) is 11.4. The van der Waals surface area contributed by atoms with E-state index in [0.29, 0.717) is 0 Å². The Labute approximate surface area is 96.2 Å². The van der Waals surface area contributed by atoms with Crippen LogP contribution < -0.4 is 10.6 Å². The van der Waals surface area contributed by atoms with Crippen molar-refractivity contribution in [1.82, 2.24) is 0 Å². The van der Waals surface area contributed by atoms with Gasteiger partial charge in [0.05, 0.1) is 0 Å². The Kier molecular flexibility index (Phi) is 2.28. The minimum absolute atomic E-state index is 0.107. The maximum absolute atomic E-state index is 13.2. The zero-order valence-corrected chi connectivity index (χ0v) is 10.3. The van der Waals surface area contributed by atoms with Gasteiger partial charge in [0.1, 0.15) is 5.82 Å². The number of hydrogen-bond acceptors (Lipinski definition) is 2. The van der Waals surface area contributed by atoms with E-state index in [1.807, 2.05) is 25.1 Å².